The van der Waals surface area contributed by atoms with E-state index in [9.17, 15) is 18.0 Å². The summed E-state index contributed by atoms with van der Waals surface area (Å²) < 4.78 is 31.5. The van der Waals surface area contributed by atoms with Gasteiger partial charge in [0.25, 0.3) is 5.91 Å². The Kier molecular flexibility index (Phi) is 7.31. The Hall–Kier alpha value is -2.71. The van der Waals surface area contributed by atoms with Crippen molar-refractivity contribution in [3.8, 4) is 0 Å². The van der Waals surface area contributed by atoms with Crippen molar-refractivity contribution in [1.82, 2.24) is 4.31 Å². The van der Waals surface area contributed by atoms with Crippen LogP contribution in [0.4, 0.5) is 5.69 Å². The van der Waals surface area contributed by atoms with Crippen LogP contribution in [0.2, 0.25) is 0 Å². The van der Waals surface area contributed by atoms with E-state index in [0.29, 0.717) is 24.3 Å². The molecule has 7 nitrogen and oxygen atoms in total. The van der Waals surface area contributed by atoms with Crippen LogP contribution in [0.3, 0.4) is 0 Å². The first-order valence-electron chi connectivity index (χ1n) is 9.02. The fraction of sp³-hybridized carbons (Fsp3) is 0.300. The number of hydrogen-bond donors (Lipinski definition) is 1. The van der Waals surface area contributed by atoms with Crippen LogP contribution in [0.5, 0.6) is 0 Å². The predicted molar refractivity (Wildman–Crippen MR) is 107 cm³/mol. The molecule has 0 bridgehead atoms. The molecule has 0 saturated carbocycles. The Labute approximate surface area is 165 Å². The summed E-state index contributed by atoms with van der Waals surface area (Å²) in [5.41, 5.74) is 1.09. The smallest absolute Gasteiger partial charge is 0.338 e. The normalized spacial score (nSPS) is 11.3. The van der Waals surface area contributed by atoms with Gasteiger partial charge in [0.05, 0.1) is 17.1 Å². The van der Waals surface area contributed by atoms with E-state index in [-0.39, 0.29) is 17.1 Å². The molecule has 0 heterocycles. The summed E-state index contributed by atoms with van der Waals surface area (Å²) in [5.74, 6) is -0.879. The molecular weight excluding hydrogens is 380 g/mol. The third-order valence-electron chi connectivity index (χ3n) is 4.09. The zero-order chi connectivity index (χ0) is 20.7. The van der Waals surface area contributed by atoms with Crippen molar-refractivity contribution in [2.24, 2.45) is 0 Å². The highest BCUT2D eigenvalue weighted by molar-refractivity contribution is 7.89. The van der Waals surface area contributed by atoms with E-state index in [1.807, 2.05) is 0 Å². The monoisotopic (exact) mass is 404 g/mol. The summed E-state index contributed by atoms with van der Waals surface area (Å²) in [6.07, 6.45) is 0. The zero-order valence-corrected chi connectivity index (χ0v) is 17.0. The molecule has 0 fully saturated rings. The molecule has 0 spiro atoms. The number of carbonyl (C=O) groups excluding carboxylic acids is 2. The molecule has 0 unspecified atom stereocenters. The van der Waals surface area contributed by atoms with Crippen LogP contribution in [0.15, 0.2) is 53.4 Å². The summed E-state index contributed by atoms with van der Waals surface area (Å²) in [4.78, 5) is 24.2. The summed E-state index contributed by atoms with van der Waals surface area (Å²) in [7, 11) is -3.65. The second-order valence-electron chi connectivity index (χ2n) is 5.87. The topological polar surface area (TPSA) is 92.8 Å². The lowest BCUT2D eigenvalue weighted by atomic mass is 10.2. The molecule has 2 aromatic carbocycles. The number of amides is 1. The number of esters is 1. The lowest BCUT2D eigenvalue weighted by molar-refractivity contribution is 0.0526. The molecule has 2 aromatic rings. The number of hydrogen-bond acceptors (Lipinski definition) is 5. The molecule has 0 atom stereocenters. The predicted octanol–water partition coefficient (Wildman–Crippen LogP) is 3.15. The fourth-order valence-corrected chi connectivity index (χ4v) is 4.12. The number of ether oxygens (including phenoxy) is 1. The van der Waals surface area contributed by atoms with Gasteiger partial charge in [0.15, 0.2) is 0 Å². The molecule has 0 aliphatic rings. The van der Waals surface area contributed by atoms with Gasteiger partial charge in [-0.3, -0.25) is 4.79 Å². The Morgan fingerprint density at radius 2 is 1.61 bits per heavy atom. The minimum atomic E-state index is -3.65. The molecular formula is C20H24N2O5S. The summed E-state index contributed by atoms with van der Waals surface area (Å²) in [6.45, 7) is 6.23. The molecule has 0 saturated heterocycles. The first kappa shape index (κ1) is 21.6. The van der Waals surface area contributed by atoms with E-state index < -0.39 is 21.9 Å². The summed E-state index contributed by atoms with van der Waals surface area (Å²) >= 11 is 0. The van der Waals surface area contributed by atoms with Crippen molar-refractivity contribution < 1.29 is 22.7 Å². The highest BCUT2D eigenvalue weighted by Crippen LogP contribution is 2.18. The number of sulfonamides is 1. The standard InChI is InChI=1S/C20H24N2O5S/c1-4-22(5-2)28(25,26)18-9-7-8-16(14-18)19(23)21-17-12-10-15(11-13-17)20(24)27-6-3/h7-14H,4-6H2,1-3H3,(H,21,23). The molecule has 8 heteroatoms. The van der Waals surface area contributed by atoms with E-state index in [1.165, 1.54) is 22.5 Å². The third kappa shape index (κ3) is 4.96. The van der Waals surface area contributed by atoms with E-state index in [0.717, 1.165) is 0 Å². The highest BCUT2D eigenvalue weighted by Gasteiger charge is 2.22. The van der Waals surface area contributed by atoms with Crippen LogP contribution in [0.25, 0.3) is 0 Å². The Balaban J connectivity index is 2.18. The molecule has 0 aliphatic carbocycles. The van der Waals surface area contributed by atoms with Gasteiger partial charge in [-0.25, -0.2) is 13.2 Å². The number of benzene rings is 2. The SMILES string of the molecule is CCOC(=O)c1ccc(NC(=O)c2cccc(S(=O)(=O)N(CC)CC)c2)cc1. The molecule has 1 N–H and O–H groups in total. The van der Waals surface area contributed by atoms with Gasteiger partial charge in [-0.1, -0.05) is 19.9 Å². The third-order valence-corrected chi connectivity index (χ3v) is 6.14. The summed E-state index contributed by atoms with van der Waals surface area (Å²) in [6, 6.07) is 12.2. The van der Waals surface area contributed by atoms with Crippen molar-refractivity contribution in [3.05, 3.63) is 59.7 Å². The fourth-order valence-electron chi connectivity index (χ4n) is 2.62. The van der Waals surface area contributed by atoms with Crippen LogP contribution in [0.1, 0.15) is 41.5 Å². The maximum Gasteiger partial charge on any atom is 0.338 e. The molecule has 1 amide bonds. The number of carbonyl (C=O) groups is 2. The lowest BCUT2D eigenvalue weighted by Crippen LogP contribution is -2.30. The summed E-state index contributed by atoms with van der Waals surface area (Å²) in [5, 5.41) is 2.69. The molecule has 0 aromatic heterocycles. The van der Waals surface area contributed by atoms with Gasteiger partial charge in [0, 0.05) is 24.3 Å². The van der Waals surface area contributed by atoms with Gasteiger partial charge < -0.3 is 10.1 Å². The molecule has 0 radical (unpaired) electrons. The van der Waals surface area contributed by atoms with E-state index in [1.54, 1.807) is 51.1 Å². The van der Waals surface area contributed by atoms with Gasteiger partial charge in [-0.05, 0) is 49.4 Å². The van der Waals surface area contributed by atoms with Crippen molar-refractivity contribution in [2.45, 2.75) is 25.7 Å². The average molecular weight is 404 g/mol. The first-order chi connectivity index (χ1) is 13.3. The van der Waals surface area contributed by atoms with E-state index in [4.69, 9.17) is 4.74 Å². The van der Waals surface area contributed by atoms with Gasteiger partial charge in [0.2, 0.25) is 10.0 Å². The van der Waals surface area contributed by atoms with Crippen molar-refractivity contribution in [3.63, 3.8) is 0 Å². The van der Waals surface area contributed by atoms with Crippen LogP contribution in [-0.2, 0) is 14.8 Å². The van der Waals surface area contributed by atoms with Gasteiger partial charge >= 0.3 is 5.97 Å². The second kappa shape index (κ2) is 9.48. The van der Waals surface area contributed by atoms with Gasteiger partial charge in [-0.15, -0.1) is 0 Å². The number of rotatable bonds is 8. The Morgan fingerprint density at radius 1 is 0.964 bits per heavy atom. The van der Waals surface area contributed by atoms with E-state index >= 15 is 0 Å². The molecule has 28 heavy (non-hydrogen) atoms. The first-order valence-corrected chi connectivity index (χ1v) is 10.5. The van der Waals surface area contributed by atoms with Gasteiger partial charge in [-0.2, -0.15) is 4.31 Å². The minimum Gasteiger partial charge on any atom is -0.462 e. The van der Waals surface area contributed by atoms with Crippen LogP contribution in [-0.4, -0.2) is 44.3 Å². The van der Waals surface area contributed by atoms with Crippen LogP contribution in [0, 0.1) is 0 Å². The molecule has 0 aliphatic heterocycles. The van der Waals surface area contributed by atoms with Crippen molar-refractivity contribution in [1.29, 1.82) is 0 Å². The Bertz CT molecular complexity index is 935. The second-order valence-corrected chi connectivity index (χ2v) is 7.81. The number of nitrogens with zero attached hydrogens (tertiary/aromatic N) is 1. The highest BCUT2D eigenvalue weighted by atomic mass is 32.2. The van der Waals surface area contributed by atoms with Crippen LogP contribution < -0.4 is 5.32 Å². The maximum absolute atomic E-state index is 12.6. The van der Waals surface area contributed by atoms with Crippen molar-refractivity contribution >= 4 is 27.6 Å². The van der Waals surface area contributed by atoms with Gasteiger partial charge in [0.1, 0.15) is 0 Å². The minimum absolute atomic E-state index is 0.0708. The molecule has 150 valence electrons. The lowest BCUT2D eigenvalue weighted by Gasteiger charge is -2.18. The number of nitrogens with one attached hydrogen (secondary N) is 1. The van der Waals surface area contributed by atoms with E-state index in [2.05, 4.69) is 5.32 Å². The zero-order valence-electron chi connectivity index (χ0n) is 16.1. The maximum atomic E-state index is 12.6. The average Bonchev–Trinajstić information content (AvgIpc) is 2.69. The Morgan fingerprint density at radius 3 is 2.18 bits per heavy atom. The largest absolute Gasteiger partial charge is 0.462 e. The quantitative estimate of drug-likeness (QED) is 0.682. The number of anilines is 1. The molecule has 2 rings (SSSR count). The van der Waals surface area contributed by atoms with Crippen molar-refractivity contribution in [2.75, 3.05) is 25.0 Å². The van der Waals surface area contributed by atoms with Crippen LogP contribution >= 0.6 is 0 Å².